The Labute approximate surface area is 143 Å². The summed E-state index contributed by atoms with van der Waals surface area (Å²) in [5.74, 6) is -0.141. The van der Waals surface area contributed by atoms with Gasteiger partial charge in [0.05, 0.1) is 11.7 Å². The monoisotopic (exact) mass is 334 g/mol. The summed E-state index contributed by atoms with van der Waals surface area (Å²) in [5.41, 5.74) is 2.78. The Morgan fingerprint density at radius 1 is 1.08 bits per heavy atom. The molecule has 0 bridgehead atoms. The van der Waals surface area contributed by atoms with Gasteiger partial charge in [0.1, 0.15) is 17.3 Å². The fraction of sp³-hybridized carbons (Fsp3) is 0.0500. The smallest absolute Gasteiger partial charge is 0.336 e. The van der Waals surface area contributed by atoms with Gasteiger partial charge >= 0.3 is 5.97 Å². The average molecular weight is 334 g/mol. The van der Waals surface area contributed by atoms with Crippen LogP contribution < -0.4 is 4.74 Å². The van der Waals surface area contributed by atoms with Crippen molar-refractivity contribution in [2.75, 3.05) is 0 Å². The number of hydrogen-bond donors (Lipinski definition) is 3. The van der Waals surface area contributed by atoms with Crippen LogP contribution in [-0.2, 0) is 0 Å². The first-order valence-corrected chi connectivity index (χ1v) is 7.71. The average Bonchev–Trinajstić information content (AvgIpc) is 2.59. The van der Waals surface area contributed by atoms with Crippen LogP contribution >= 0.6 is 0 Å². The Bertz CT molecular complexity index is 981. The maximum atomic E-state index is 11.7. The highest BCUT2D eigenvalue weighted by Crippen LogP contribution is 2.44. The van der Waals surface area contributed by atoms with Crippen molar-refractivity contribution >= 4 is 11.5 Å². The fourth-order valence-corrected chi connectivity index (χ4v) is 3.12. The number of benzene rings is 2. The lowest BCUT2D eigenvalue weighted by molar-refractivity contribution is 0.0696. The van der Waals surface area contributed by atoms with Crippen LogP contribution in [0.15, 0.2) is 72.0 Å². The van der Waals surface area contributed by atoms with Gasteiger partial charge in [-0.1, -0.05) is 30.4 Å². The second-order valence-electron chi connectivity index (χ2n) is 5.80. The van der Waals surface area contributed by atoms with Gasteiger partial charge < -0.3 is 20.1 Å². The zero-order chi connectivity index (χ0) is 17.6. The highest BCUT2D eigenvalue weighted by atomic mass is 16.5. The molecule has 2 aromatic carbocycles. The Morgan fingerprint density at radius 3 is 2.68 bits per heavy atom. The Morgan fingerprint density at radius 2 is 1.88 bits per heavy atom. The Kier molecular flexibility index (Phi) is 3.44. The van der Waals surface area contributed by atoms with E-state index in [1.165, 1.54) is 12.1 Å². The number of phenolic OH excluding ortho intramolecular Hbond substituents is 1. The van der Waals surface area contributed by atoms with E-state index in [0.717, 1.165) is 0 Å². The molecule has 0 saturated carbocycles. The molecule has 1 heterocycles. The lowest BCUT2D eigenvalue weighted by Gasteiger charge is -2.28. The number of aliphatic hydroxyl groups excluding tert-OH is 1. The number of aromatic carboxylic acids is 1. The molecule has 0 fully saturated rings. The molecule has 2 aliphatic rings. The van der Waals surface area contributed by atoms with Crippen LogP contribution in [-0.4, -0.2) is 27.4 Å². The van der Waals surface area contributed by atoms with E-state index in [1.807, 2.05) is 0 Å². The van der Waals surface area contributed by atoms with Crippen LogP contribution in [0.4, 0.5) is 0 Å². The molecule has 3 N–H and O–H groups in total. The number of carboxylic acids is 1. The minimum atomic E-state index is -1.03. The number of hydrogen-bond acceptors (Lipinski definition) is 4. The van der Waals surface area contributed by atoms with Crippen molar-refractivity contribution in [1.82, 2.24) is 0 Å². The topological polar surface area (TPSA) is 87.0 Å². The molecule has 4 rings (SSSR count). The summed E-state index contributed by atoms with van der Waals surface area (Å²) in [5, 5.41) is 29.2. The first-order valence-electron chi connectivity index (χ1n) is 7.71. The van der Waals surface area contributed by atoms with E-state index >= 15 is 0 Å². The maximum Gasteiger partial charge on any atom is 0.336 e. The van der Waals surface area contributed by atoms with Gasteiger partial charge in [0.25, 0.3) is 0 Å². The number of aliphatic hydroxyl groups is 1. The fourth-order valence-electron chi connectivity index (χ4n) is 3.12. The molecule has 0 amide bonds. The number of aromatic hydroxyl groups is 1. The van der Waals surface area contributed by atoms with E-state index in [9.17, 15) is 20.1 Å². The third kappa shape index (κ3) is 2.51. The molecule has 1 aliphatic heterocycles. The second-order valence-corrected chi connectivity index (χ2v) is 5.80. The SMILES string of the molecule is O=C(O)c1ccccc1C1=C2C=CC(O)C=C2Oc2cc(O)ccc21. The molecule has 1 atom stereocenters. The summed E-state index contributed by atoms with van der Waals surface area (Å²) in [6.45, 7) is 0. The summed E-state index contributed by atoms with van der Waals surface area (Å²) in [4.78, 5) is 11.7. The van der Waals surface area contributed by atoms with Gasteiger partial charge in [-0.05, 0) is 29.8 Å². The van der Waals surface area contributed by atoms with Crippen molar-refractivity contribution in [2.45, 2.75) is 6.10 Å². The quantitative estimate of drug-likeness (QED) is 0.785. The molecule has 2 aromatic rings. The molecule has 0 radical (unpaired) electrons. The zero-order valence-electron chi connectivity index (χ0n) is 13.0. The van der Waals surface area contributed by atoms with Crippen molar-refractivity contribution in [1.29, 1.82) is 0 Å². The van der Waals surface area contributed by atoms with E-state index in [-0.39, 0.29) is 11.3 Å². The highest BCUT2D eigenvalue weighted by Gasteiger charge is 2.29. The van der Waals surface area contributed by atoms with Crippen molar-refractivity contribution in [2.24, 2.45) is 0 Å². The first-order chi connectivity index (χ1) is 12.0. The second kappa shape index (κ2) is 5.65. The van der Waals surface area contributed by atoms with Crippen LogP contribution in [0.1, 0.15) is 21.5 Å². The van der Waals surface area contributed by atoms with Gasteiger partial charge in [-0.3, -0.25) is 0 Å². The van der Waals surface area contributed by atoms with E-state index in [0.29, 0.717) is 33.8 Å². The maximum absolute atomic E-state index is 11.7. The predicted molar refractivity (Wildman–Crippen MR) is 91.4 cm³/mol. The highest BCUT2D eigenvalue weighted by molar-refractivity contribution is 6.00. The molecule has 124 valence electrons. The van der Waals surface area contributed by atoms with Crippen molar-refractivity contribution in [3.63, 3.8) is 0 Å². The summed E-state index contributed by atoms with van der Waals surface area (Å²) in [6, 6.07) is 11.4. The normalized spacial score (nSPS) is 18.1. The third-order valence-corrected chi connectivity index (χ3v) is 4.20. The number of phenols is 1. The van der Waals surface area contributed by atoms with Crippen molar-refractivity contribution in [3.05, 3.63) is 88.7 Å². The van der Waals surface area contributed by atoms with E-state index in [4.69, 9.17) is 4.74 Å². The number of fused-ring (bicyclic) bond motifs is 2. The molecule has 1 unspecified atom stereocenters. The molecular weight excluding hydrogens is 320 g/mol. The summed E-state index contributed by atoms with van der Waals surface area (Å²) in [6.07, 6.45) is 4.10. The predicted octanol–water partition coefficient (Wildman–Crippen LogP) is 3.10. The number of ether oxygens (including phenoxy) is 1. The first kappa shape index (κ1) is 15.2. The van der Waals surface area contributed by atoms with Gasteiger partial charge in [0.2, 0.25) is 0 Å². The van der Waals surface area contributed by atoms with E-state index in [1.54, 1.807) is 48.6 Å². The molecular formula is C20H14O5. The number of carboxylic acid groups (broad SMARTS) is 1. The summed E-state index contributed by atoms with van der Waals surface area (Å²) < 4.78 is 5.82. The number of carbonyl (C=O) groups is 1. The van der Waals surface area contributed by atoms with E-state index in [2.05, 4.69) is 0 Å². The summed E-state index contributed by atoms with van der Waals surface area (Å²) >= 11 is 0. The van der Waals surface area contributed by atoms with Crippen LogP contribution in [0.3, 0.4) is 0 Å². The van der Waals surface area contributed by atoms with Gasteiger partial charge in [0.15, 0.2) is 0 Å². The molecule has 5 heteroatoms. The van der Waals surface area contributed by atoms with Crippen LogP contribution in [0.5, 0.6) is 11.5 Å². The molecule has 5 nitrogen and oxygen atoms in total. The Balaban J connectivity index is 2.06. The molecule has 1 aliphatic carbocycles. The zero-order valence-corrected chi connectivity index (χ0v) is 13.0. The van der Waals surface area contributed by atoms with Crippen molar-refractivity contribution in [3.8, 4) is 11.5 Å². The Hall–Kier alpha value is -3.31. The minimum Gasteiger partial charge on any atom is -0.508 e. The number of allylic oxidation sites excluding steroid dienone is 1. The lowest BCUT2D eigenvalue weighted by atomic mass is 9.85. The van der Waals surface area contributed by atoms with Gasteiger partial charge in [-0.15, -0.1) is 0 Å². The molecule has 0 spiro atoms. The van der Waals surface area contributed by atoms with Gasteiger partial charge in [0, 0.05) is 22.8 Å². The summed E-state index contributed by atoms with van der Waals surface area (Å²) in [7, 11) is 0. The molecule has 0 aromatic heterocycles. The van der Waals surface area contributed by atoms with Crippen LogP contribution in [0, 0.1) is 0 Å². The lowest BCUT2D eigenvalue weighted by Crippen LogP contribution is -2.16. The molecule has 0 saturated heterocycles. The standard InChI is InChI=1S/C20H14O5/c21-11-5-7-15-17(9-11)25-18-10-12(22)6-8-16(18)19(15)13-3-1-2-4-14(13)20(23)24/h1-11,21-22H,(H,23,24). The number of rotatable bonds is 2. The van der Waals surface area contributed by atoms with E-state index < -0.39 is 12.1 Å². The van der Waals surface area contributed by atoms with Crippen molar-refractivity contribution < 1.29 is 24.9 Å². The van der Waals surface area contributed by atoms with Crippen LogP contribution in [0.2, 0.25) is 0 Å². The van der Waals surface area contributed by atoms with Crippen LogP contribution in [0.25, 0.3) is 5.57 Å². The van der Waals surface area contributed by atoms with Gasteiger partial charge in [-0.25, -0.2) is 4.79 Å². The van der Waals surface area contributed by atoms with Gasteiger partial charge in [-0.2, -0.15) is 0 Å². The largest absolute Gasteiger partial charge is 0.508 e. The minimum absolute atomic E-state index is 0.0422. The third-order valence-electron chi connectivity index (χ3n) is 4.20. The molecule has 25 heavy (non-hydrogen) atoms.